The molecule has 0 bridgehead atoms. The van der Waals surface area contributed by atoms with Crippen LogP contribution in [0.15, 0.2) is 29.8 Å². The minimum absolute atomic E-state index is 0.235. The lowest BCUT2D eigenvalue weighted by molar-refractivity contribution is 0.0526. The second-order valence-corrected chi connectivity index (χ2v) is 7.41. The number of hydrogen-bond acceptors (Lipinski definition) is 6. The largest absolute Gasteiger partial charge is 0.462 e. The summed E-state index contributed by atoms with van der Waals surface area (Å²) in [6.45, 7) is 9.91. The number of rotatable bonds is 7. The quantitative estimate of drug-likeness (QED) is 0.640. The van der Waals surface area contributed by atoms with Gasteiger partial charge in [-0.2, -0.15) is 0 Å². The molecule has 0 fully saturated rings. The maximum Gasteiger partial charge on any atom is 0.338 e. The van der Waals surface area contributed by atoms with Gasteiger partial charge in [0.15, 0.2) is 0 Å². The minimum Gasteiger partial charge on any atom is -0.462 e. The number of hydrogen-bond donors (Lipinski definition) is 1. The molecule has 0 spiro atoms. The van der Waals surface area contributed by atoms with E-state index in [0.717, 1.165) is 28.4 Å². The fraction of sp³-hybridized carbons (Fsp3) is 0.421. The molecule has 0 aliphatic rings. The Morgan fingerprint density at radius 2 is 2.15 bits per heavy atom. The van der Waals surface area contributed by atoms with Gasteiger partial charge < -0.3 is 9.30 Å². The molecule has 0 unspecified atom stereocenters. The van der Waals surface area contributed by atoms with Gasteiger partial charge in [0.2, 0.25) is 0 Å². The lowest BCUT2D eigenvalue weighted by atomic mass is 10.1. The number of carbonyl (C=O) groups is 1. The third kappa shape index (κ3) is 3.64. The first kappa shape index (κ1) is 18.5. The maximum atomic E-state index is 12.0. The van der Waals surface area contributed by atoms with Crippen LogP contribution in [0.3, 0.4) is 0 Å². The molecule has 2 aromatic heterocycles. The highest BCUT2D eigenvalue weighted by Gasteiger charge is 2.23. The van der Waals surface area contributed by atoms with Gasteiger partial charge in [0.25, 0.3) is 0 Å². The average Bonchev–Trinajstić information content (AvgIpc) is 3.27. The van der Waals surface area contributed by atoms with Crippen LogP contribution >= 0.6 is 11.3 Å². The highest BCUT2D eigenvalue weighted by Crippen LogP contribution is 2.24. The smallest absolute Gasteiger partial charge is 0.338 e. The van der Waals surface area contributed by atoms with E-state index in [2.05, 4.69) is 35.6 Å². The second-order valence-electron chi connectivity index (χ2n) is 6.51. The van der Waals surface area contributed by atoms with Crippen LogP contribution in [0.2, 0.25) is 0 Å². The van der Waals surface area contributed by atoms with E-state index in [1.165, 1.54) is 0 Å². The zero-order valence-electron chi connectivity index (χ0n) is 15.6. The molecule has 3 aromatic rings. The number of esters is 1. The summed E-state index contributed by atoms with van der Waals surface area (Å²) >= 11 is 1.64. The van der Waals surface area contributed by atoms with Gasteiger partial charge >= 0.3 is 5.97 Å². The summed E-state index contributed by atoms with van der Waals surface area (Å²) in [5.74, 6) is 0.623. The Morgan fingerprint density at radius 1 is 1.35 bits per heavy atom. The van der Waals surface area contributed by atoms with E-state index in [4.69, 9.17) is 9.72 Å². The van der Waals surface area contributed by atoms with Crippen LogP contribution in [-0.4, -0.2) is 27.1 Å². The van der Waals surface area contributed by atoms with E-state index in [0.29, 0.717) is 18.7 Å². The molecule has 1 aromatic carbocycles. The number of thiazole rings is 1. The second kappa shape index (κ2) is 7.55. The number of nitrogens with zero attached hydrogens (tertiary/aromatic N) is 3. The first-order valence-electron chi connectivity index (χ1n) is 8.77. The number of benzene rings is 1. The molecule has 0 saturated carbocycles. The van der Waals surface area contributed by atoms with Crippen molar-refractivity contribution in [1.82, 2.24) is 19.9 Å². The van der Waals surface area contributed by atoms with Crippen LogP contribution < -0.4 is 5.32 Å². The van der Waals surface area contributed by atoms with E-state index in [-0.39, 0.29) is 11.5 Å². The molecular weight excluding hydrogens is 348 g/mol. The number of fused-ring (bicyclic) bond motifs is 1. The highest BCUT2D eigenvalue weighted by molar-refractivity contribution is 7.09. The lowest BCUT2D eigenvalue weighted by Gasteiger charge is -2.23. The lowest BCUT2D eigenvalue weighted by Crippen LogP contribution is -2.36. The van der Waals surface area contributed by atoms with Crippen molar-refractivity contribution in [3.63, 3.8) is 0 Å². The van der Waals surface area contributed by atoms with Gasteiger partial charge in [-0.1, -0.05) is 0 Å². The van der Waals surface area contributed by atoms with Gasteiger partial charge in [0, 0.05) is 18.1 Å². The SMILES string of the molecule is CCOC(=O)c1ccc2c(c1)nc(CNC(C)(C)c1nccs1)n2CC. The topological polar surface area (TPSA) is 69.0 Å². The standard InChI is InChI=1S/C19H24N4O2S/c1-5-23-15-8-7-13(17(24)25-6-2)11-14(15)22-16(23)12-21-19(3,4)18-20-9-10-26-18/h7-11,21H,5-6,12H2,1-4H3. The number of nitrogens with one attached hydrogen (secondary N) is 1. The third-order valence-electron chi connectivity index (χ3n) is 4.31. The number of aromatic nitrogens is 3. The van der Waals surface area contributed by atoms with Crippen LogP contribution in [0.5, 0.6) is 0 Å². The van der Waals surface area contributed by atoms with E-state index < -0.39 is 0 Å². The van der Waals surface area contributed by atoms with Crippen molar-refractivity contribution in [1.29, 1.82) is 0 Å². The van der Waals surface area contributed by atoms with Crippen molar-refractivity contribution in [3.05, 3.63) is 46.2 Å². The monoisotopic (exact) mass is 372 g/mol. The van der Waals surface area contributed by atoms with Crippen LogP contribution in [0.25, 0.3) is 11.0 Å². The number of ether oxygens (including phenoxy) is 1. The van der Waals surface area contributed by atoms with Crippen LogP contribution in [-0.2, 0) is 23.4 Å². The molecule has 6 nitrogen and oxygen atoms in total. The number of carbonyl (C=O) groups excluding carboxylic acids is 1. The van der Waals surface area contributed by atoms with E-state index in [9.17, 15) is 4.79 Å². The van der Waals surface area contributed by atoms with E-state index >= 15 is 0 Å². The molecule has 1 N–H and O–H groups in total. The summed E-state index contributed by atoms with van der Waals surface area (Å²) in [6.07, 6.45) is 1.82. The summed E-state index contributed by atoms with van der Waals surface area (Å²) in [7, 11) is 0. The van der Waals surface area contributed by atoms with E-state index in [1.54, 1.807) is 30.4 Å². The van der Waals surface area contributed by atoms with Crippen LogP contribution in [0.1, 0.15) is 48.9 Å². The first-order chi connectivity index (χ1) is 12.5. The fourth-order valence-electron chi connectivity index (χ4n) is 2.92. The molecule has 0 saturated heterocycles. The molecule has 0 amide bonds. The summed E-state index contributed by atoms with van der Waals surface area (Å²) in [6, 6.07) is 5.54. The average molecular weight is 372 g/mol. The molecule has 2 heterocycles. The molecule has 3 rings (SSSR count). The fourth-order valence-corrected chi connectivity index (χ4v) is 3.66. The van der Waals surface area contributed by atoms with Crippen LogP contribution in [0, 0.1) is 0 Å². The normalized spacial score (nSPS) is 11.8. The molecule has 0 aliphatic heterocycles. The Morgan fingerprint density at radius 3 is 2.81 bits per heavy atom. The van der Waals surface area contributed by atoms with Crippen molar-refractivity contribution < 1.29 is 9.53 Å². The molecule has 138 valence electrons. The van der Waals surface area contributed by atoms with Gasteiger partial charge in [-0.05, 0) is 45.9 Å². The zero-order valence-corrected chi connectivity index (χ0v) is 16.4. The summed E-state index contributed by atoms with van der Waals surface area (Å²) in [4.78, 5) is 21.1. The molecule has 26 heavy (non-hydrogen) atoms. The Hall–Kier alpha value is -2.25. The van der Waals surface area contributed by atoms with Gasteiger partial charge in [-0.25, -0.2) is 14.8 Å². The van der Waals surface area contributed by atoms with Gasteiger partial charge in [-0.3, -0.25) is 5.32 Å². The van der Waals surface area contributed by atoms with Gasteiger partial charge in [0.1, 0.15) is 10.8 Å². The Bertz CT molecular complexity index is 900. The van der Waals surface area contributed by atoms with E-state index in [1.807, 2.05) is 17.6 Å². The van der Waals surface area contributed by atoms with Crippen molar-refractivity contribution >= 4 is 28.3 Å². The van der Waals surface area contributed by atoms with Crippen molar-refractivity contribution in [2.24, 2.45) is 0 Å². The summed E-state index contributed by atoms with van der Waals surface area (Å²) in [5, 5.41) is 6.57. The molecular formula is C19H24N4O2S. The number of aryl methyl sites for hydroxylation is 1. The Kier molecular flexibility index (Phi) is 5.38. The van der Waals surface area contributed by atoms with Crippen molar-refractivity contribution in [2.45, 2.75) is 46.3 Å². The molecule has 7 heteroatoms. The Labute approximate surface area is 157 Å². The predicted octanol–water partition coefficient (Wildman–Crippen LogP) is 3.71. The minimum atomic E-state index is -0.315. The highest BCUT2D eigenvalue weighted by atomic mass is 32.1. The summed E-state index contributed by atoms with van der Waals surface area (Å²) in [5.41, 5.74) is 2.12. The third-order valence-corrected chi connectivity index (χ3v) is 5.41. The van der Waals surface area contributed by atoms with Gasteiger partial charge in [0.05, 0.1) is 35.3 Å². The zero-order chi connectivity index (χ0) is 18.7. The van der Waals surface area contributed by atoms with Crippen LogP contribution in [0.4, 0.5) is 0 Å². The summed E-state index contributed by atoms with van der Waals surface area (Å²) < 4.78 is 7.24. The first-order valence-corrected chi connectivity index (χ1v) is 9.65. The van der Waals surface area contributed by atoms with Gasteiger partial charge in [-0.15, -0.1) is 11.3 Å². The van der Waals surface area contributed by atoms with Crippen molar-refractivity contribution in [2.75, 3.05) is 6.61 Å². The maximum absolute atomic E-state index is 12.0. The number of imidazole rings is 1. The molecule has 0 aliphatic carbocycles. The van der Waals surface area contributed by atoms with Crippen molar-refractivity contribution in [3.8, 4) is 0 Å². The molecule has 0 atom stereocenters. The molecule has 0 radical (unpaired) electrons. The predicted molar refractivity (Wildman–Crippen MR) is 103 cm³/mol. The Balaban J connectivity index is 1.87.